The molecule has 1 aromatic carbocycles. The maximum atomic E-state index is 12.8. The average Bonchev–Trinajstić information content (AvgIpc) is 2.98. The van der Waals surface area contributed by atoms with Gasteiger partial charge in [-0.05, 0) is 36.1 Å². The second-order valence-electron chi connectivity index (χ2n) is 6.22. The molecule has 0 aliphatic carbocycles. The van der Waals surface area contributed by atoms with Gasteiger partial charge in [-0.25, -0.2) is 8.42 Å². The second-order valence-corrected chi connectivity index (χ2v) is 9.50. The van der Waals surface area contributed by atoms with E-state index >= 15 is 0 Å². The molecule has 12 heteroatoms. The van der Waals surface area contributed by atoms with Crippen LogP contribution in [0.15, 0.2) is 28.5 Å². The Balaban J connectivity index is 2.10. The fourth-order valence-electron chi connectivity index (χ4n) is 2.51. The Hall–Kier alpha value is -1.95. The number of nitrogens with one attached hydrogen (secondary N) is 1. The first-order valence-corrected chi connectivity index (χ1v) is 10.4. The second kappa shape index (κ2) is 6.55. The SMILES string of the molecule is CC(O)(C(=O)Nc1cc2c(cc1Cl)C(=O)c1sccc1CS2(=O)=O)C(F)(F)F. The van der Waals surface area contributed by atoms with Gasteiger partial charge in [0.05, 0.1) is 26.2 Å². The van der Waals surface area contributed by atoms with E-state index in [9.17, 15) is 36.3 Å². The fraction of sp³-hybridized carbons (Fsp3) is 0.250. The molecule has 0 bridgehead atoms. The lowest BCUT2D eigenvalue weighted by Gasteiger charge is -2.25. The van der Waals surface area contributed by atoms with E-state index in [2.05, 4.69) is 0 Å². The van der Waals surface area contributed by atoms with Crippen molar-refractivity contribution in [3.63, 3.8) is 0 Å². The Morgan fingerprint density at radius 2 is 1.96 bits per heavy atom. The quantitative estimate of drug-likeness (QED) is 0.727. The van der Waals surface area contributed by atoms with Crippen molar-refractivity contribution >= 4 is 50.2 Å². The molecule has 3 rings (SSSR count). The van der Waals surface area contributed by atoms with Crippen LogP contribution in [0.3, 0.4) is 0 Å². The number of thiophene rings is 1. The predicted octanol–water partition coefficient (Wildman–Crippen LogP) is 3.17. The summed E-state index contributed by atoms with van der Waals surface area (Å²) >= 11 is 7.01. The van der Waals surface area contributed by atoms with Crippen LogP contribution in [-0.2, 0) is 20.4 Å². The first kappa shape index (κ1) is 20.8. The molecule has 2 aromatic rings. The lowest BCUT2D eigenvalue weighted by molar-refractivity contribution is -0.242. The number of anilines is 1. The summed E-state index contributed by atoms with van der Waals surface area (Å²) in [5.74, 6) is -2.93. The Labute approximate surface area is 165 Å². The molecule has 1 atom stereocenters. The van der Waals surface area contributed by atoms with Crippen molar-refractivity contribution in [2.75, 3.05) is 5.32 Å². The van der Waals surface area contributed by atoms with Gasteiger partial charge < -0.3 is 10.4 Å². The van der Waals surface area contributed by atoms with Crippen molar-refractivity contribution < 1.29 is 36.3 Å². The lowest BCUT2D eigenvalue weighted by Crippen LogP contribution is -2.52. The number of ketones is 1. The Morgan fingerprint density at radius 3 is 2.57 bits per heavy atom. The number of aliphatic hydroxyl groups is 1. The van der Waals surface area contributed by atoms with Crippen LogP contribution in [0, 0.1) is 0 Å². The Kier molecular flexibility index (Phi) is 4.86. The number of rotatable bonds is 2. The van der Waals surface area contributed by atoms with E-state index in [4.69, 9.17) is 11.6 Å². The standard InChI is InChI=1S/C16H11ClF3NO5S2/c1-15(24,16(18,19)20)14(23)21-10-5-11-8(4-9(10)17)12(22)13-7(2-3-27-13)6-28(11,25)26/h2-5,24H,6H2,1H3,(H,21,23). The first-order valence-electron chi connectivity index (χ1n) is 7.53. The summed E-state index contributed by atoms with van der Waals surface area (Å²) in [4.78, 5) is 24.3. The van der Waals surface area contributed by atoms with E-state index in [-0.39, 0.29) is 22.4 Å². The monoisotopic (exact) mass is 453 g/mol. The van der Waals surface area contributed by atoms with E-state index in [1.54, 1.807) is 10.7 Å². The number of halogens is 4. The van der Waals surface area contributed by atoms with Gasteiger partial charge in [0.15, 0.2) is 9.84 Å². The van der Waals surface area contributed by atoms with Crippen LogP contribution >= 0.6 is 22.9 Å². The predicted molar refractivity (Wildman–Crippen MR) is 95.4 cm³/mol. The molecule has 28 heavy (non-hydrogen) atoms. The average molecular weight is 454 g/mol. The molecule has 1 aliphatic rings. The summed E-state index contributed by atoms with van der Waals surface area (Å²) in [6.07, 6.45) is -5.27. The summed E-state index contributed by atoms with van der Waals surface area (Å²) in [6, 6.07) is 3.29. The molecule has 150 valence electrons. The van der Waals surface area contributed by atoms with E-state index < -0.39 is 49.6 Å². The van der Waals surface area contributed by atoms with Crippen molar-refractivity contribution in [3.05, 3.63) is 44.6 Å². The maximum Gasteiger partial charge on any atom is 0.426 e. The summed E-state index contributed by atoms with van der Waals surface area (Å²) < 4.78 is 63.8. The summed E-state index contributed by atoms with van der Waals surface area (Å²) in [5.41, 5.74) is -4.15. The number of alkyl halides is 3. The third-order valence-electron chi connectivity index (χ3n) is 4.19. The van der Waals surface area contributed by atoms with Crippen LogP contribution in [-0.4, -0.2) is 37.0 Å². The van der Waals surface area contributed by atoms with Crippen LogP contribution in [0.2, 0.25) is 5.02 Å². The van der Waals surface area contributed by atoms with Gasteiger partial charge in [0, 0.05) is 5.56 Å². The third kappa shape index (κ3) is 3.32. The number of carbonyl (C=O) groups is 2. The number of fused-ring (bicyclic) bond motifs is 2. The van der Waals surface area contributed by atoms with Gasteiger partial charge in [-0.1, -0.05) is 11.6 Å². The minimum absolute atomic E-state index is 0.218. The molecule has 6 nitrogen and oxygen atoms in total. The molecular weight excluding hydrogens is 443 g/mol. The molecule has 0 radical (unpaired) electrons. The van der Waals surface area contributed by atoms with Gasteiger partial charge in [-0.2, -0.15) is 13.2 Å². The number of hydrogen-bond donors (Lipinski definition) is 2. The van der Waals surface area contributed by atoms with Gasteiger partial charge >= 0.3 is 6.18 Å². The molecule has 2 heterocycles. The number of amides is 1. The highest BCUT2D eigenvalue weighted by Gasteiger charge is 2.55. The van der Waals surface area contributed by atoms with E-state index in [1.165, 1.54) is 6.07 Å². The summed E-state index contributed by atoms with van der Waals surface area (Å²) in [6.45, 7) is 0.248. The van der Waals surface area contributed by atoms with E-state index in [0.717, 1.165) is 23.5 Å². The topological polar surface area (TPSA) is 101 Å². The zero-order valence-electron chi connectivity index (χ0n) is 13.9. The molecule has 2 N–H and O–H groups in total. The molecule has 1 unspecified atom stereocenters. The molecule has 1 aliphatic heterocycles. The van der Waals surface area contributed by atoms with E-state index in [0.29, 0.717) is 5.56 Å². The third-order valence-corrected chi connectivity index (χ3v) is 7.16. The normalized spacial score (nSPS) is 17.9. The molecule has 1 aromatic heterocycles. The maximum absolute atomic E-state index is 12.8. The summed E-state index contributed by atoms with van der Waals surface area (Å²) in [5, 5.41) is 12.4. The minimum Gasteiger partial charge on any atom is -0.373 e. The zero-order valence-corrected chi connectivity index (χ0v) is 16.3. The van der Waals surface area contributed by atoms with Crippen LogP contribution in [0.25, 0.3) is 0 Å². The van der Waals surface area contributed by atoms with Gasteiger partial charge in [-0.3, -0.25) is 9.59 Å². The van der Waals surface area contributed by atoms with Crippen LogP contribution in [0.1, 0.15) is 27.7 Å². The number of benzene rings is 1. The molecule has 1 amide bonds. The van der Waals surface area contributed by atoms with Crippen molar-refractivity contribution in [3.8, 4) is 0 Å². The smallest absolute Gasteiger partial charge is 0.373 e. The van der Waals surface area contributed by atoms with Crippen LogP contribution in [0.5, 0.6) is 0 Å². The molecule has 0 saturated heterocycles. The highest BCUT2D eigenvalue weighted by atomic mass is 35.5. The largest absolute Gasteiger partial charge is 0.426 e. The van der Waals surface area contributed by atoms with E-state index in [1.807, 2.05) is 0 Å². The van der Waals surface area contributed by atoms with Gasteiger partial charge in [0.2, 0.25) is 11.4 Å². The van der Waals surface area contributed by atoms with Crippen LogP contribution < -0.4 is 5.32 Å². The minimum atomic E-state index is -5.27. The highest BCUT2D eigenvalue weighted by Crippen LogP contribution is 2.38. The van der Waals surface area contributed by atoms with Crippen molar-refractivity contribution in [1.29, 1.82) is 0 Å². The number of hydrogen-bond acceptors (Lipinski definition) is 6. The Morgan fingerprint density at radius 1 is 1.32 bits per heavy atom. The van der Waals surface area contributed by atoms with Crippen molar-refractivity contribution in [2.45, 2.75) is 29.3 Å². The molecule has 0 saturated carbocycles. The summed E-state index contributed by atoms with van der Waals surface area (Å²) in [7, 11) is -4.04. The lowest BCUT2D eigenvalue weighted by atomic mass is 10.0. The van der Waals surface area contributed by atoms with Gasteiger partial charge in [0.25, 0.3) is 5.91 Å². The number of carbonyl (C=O) groups excluding carboxylic acids is 2. The van der Waals surface area contributed by atoms with Gasteiger partial charge in [-0.15, -0.1) is 11.3 Å². The molecular formula is C16H11ClF3NO5S2. The molecule has 0 spiro atoms. The zero-order chi connectivity index (χ0) is 21.1. The van der Waals surface area contributed by atoms with Crippen molar-refractivity contribution in [1.82, 2.24) is 0 Å². The molecule has 0 fully saturated rings. The highest BCUT2D eigenvalue weighted by molar-refractivity contribution is 7.90. The van der Waals surface area contributed by atoms with Crippen LogP contribution in [0.4, 0.5) is 18.9 Å². The number of sulfone groups is 1. The van der Waals surface area contributed by atoms with Crippen molar-refractivity contribution in [2.24, 2.45) is 0 Å². The fourth-order valence-corrected chi connectivity index (χ4v) is 5.28. The van der Waals surface area contributed by atoms with Gasteiger partial charge in [0.1, 0.15) is 0 Å². The Bertz CT molecular complexity index is 1110. The first-order chi connectivity index (χ1) is 12.8.